The van der Waals surface area contributed by atoms with Crippen molar-refractivity contribution in [3.05, 3.63) is 46.5 Å². The van der Waals surface area contributed by atoms with Gasteiger partial charge in [0.05, 0.1) is 35.6 Å². The average molecular weight is 353 g/mol. The summed E-state index contributed by atoms with van der Waals surface area (Å²) in [5.74, 6) is 0. The van der Waals surface area contributed by atoms with Crippen LogP contribution in [0, 0.1) is 0 Å². The molecule has 0 fully saturated rings. The molecule has 1 unspecified atom stereocenters. The van der Waals surface area contributed by atoms with Crippen LogP contribution in [0.25, 0.3) is 0 Å². The number of ether oxygens (including phenoxy) is 1. The summed E-state index contributed by atoms with van der Waals surface area (Å²) in [5, 5.41) is 8.01. The van der Waals surface area contributed by atoms with E-state index in [-0.39, 0.29) is 6.04 Å². The minimum atomic E-state index is 0.0624. The Morgan fingerprint density at radius 3 is 2.95 bits per heavy atom. The molecule has 5 nitrogen and oxygen atoms in total. The molecule has 0 bridgehead atoms. The molecule has 0 saturated heterocycles. The first-order valence-electron chi connectivity index (χ1n) is 7.11. The van der Waals surface area contributed by atoms with Crippen LogP contribution in [-0.4, -0.2) is 35.0 Å². The molecule has 0 aromatic carbocycles. The van der Waals surface area contributed by atoms with Crippen molar-refractivity contribution in [2.24, 2.45) is 0 Å². The molecule has 21 heavy (non-hydrogen) atoms. The number of hydrogen-bond donors (Lipinski definition) is 1. The van der Waals surface area contributed by atoms with Gasteiger partial charge >= 0.3 is 0 Å². The lowest BCUT2D eigenvalue weighted by molar-refractivity contribution is 0.182. The highest BCUT2D eigenvalue weighted by Crippen LogP contribution is 2.28. The fourth-order valence-corrected chi connectivity index (χ4v) is 2.75. The first-order valence-corrected chi connectivity index (χ1v) is 7.90. The van der Waals surface area contributed by atoms with Gasteiger partial charge in [0.2, 0.25) is 0 Å². The lowest BCUT2D eigenvalue weighted by atomic mass is 10.1. The predicted octanol–water partition coefficient (Wildman–Crippen LogP) is 2.78. The third-order valence-electron chi connectivity index (χ3n) is 3.23. The van der Waals surface area contributed by atoms with Crippen molar-refractivity contribution in [1.29, 1.82) is 0 Å². The third-order valence-corrected chi connectivity index (χ3v) is 3.84. The summed E-state index contributed by atoms with van der Waals surface area (Å²) in [5.41, 5.74) is 2.24. The van der Waals surface area contributed by atoms with E-state index in [0.717, 1.165) is 35.2 Å². The Labute approximate surface area is 133 Å². The Hall–Kier alpha value is -1.24. The van der Waals surface area contributed by atoms with Crippen LogP contribution in [0.1, 0.15) is 30.6 Å². The van der Waals surface area contributed by atoms with Crippen molar-refractivity contribution >= 4 is 15.9 Å². The smallest absolute Gasteiger partial charge is 0.0774 e. The van der Waals surface area contributed by atoms with Crippen LogP contribution in [0.2, 0.25) is 0 Å². The van der Waals surface area contributed by atoms with Gasteiger partial charge in [-0.05, 0) is 40.5 Å². The number of nitrogens with zero attached hydrogens (tertiary/aromatic N) is 3. The number of aromatic nitrogens is 3. The molecular weight excluding hydrogens is 332 g/mol. The molecule has 1 atom stereocenters. The van der Waals surface area contributed by atoms with E-state index in [1.54, 1.807) is 13.3 Å². The van der Waals surface area contributed by atoms with Gasteiger partial charge in [-0.15, -0.1) is 0 Å². The Balaban J connectivity index is 2.34. The molecule has 0 saturated carbocycles. The molecule has 2 heterocycles. The second-order valence-corrected chi connectivity index (χ2v) is 5.62. The lowest BCUT2D eigenvalue weighted by Crippen LogP contribution is -2.27. The largest absolute Gasteiger partial charge is 0.383 e. The highest BCUT2D eigenvalue weighted by molar-refractivity contribution is 9.10. The fourth-order valence-electron chi connectivity index (χ4n) is 2.22. The standard InChI is InChI=1S/C15H21BrN4O/c1-3-6-18-14(12-5-4-7-17-10-12)15-13(16)11-19-20(15)8-9-21-2/h4-5,7,10-11,14,18H,3,6,8-9H2,1-2H3. The third kappa shape index (κ3) is 4.12. The molecular formula is C15H21BrN4O. The topological polar surface area (TPSA) is 52.0 Å². The normalized spacial score (nSPS) is 12.5. The quantitative estimate of drug-likeness (QED) is 0.793. The SMILES string of the molecule is CCCNC(c1cccnc1)c1c(Br)cnn1CCOC. The fraction of sp³-hybridized carbons (Fsp3) is 0.467. The van der Waals surface area contributed by atoms with E-state index in [1.807, 2.05) is 23.1 Å². The molecule has 0 spiro atoms. The van der Waals surface area contributed by atoms with Gasteiger partial charge in [-0.25, -0.2) is 0 Å². The van der Waals surface area contributed by atoms with Crippen LogP contribution >= 0.6 is 15.9 Å². The molecule has 0 aliphatic heterocycles. The molecule has 2 aromatic heterocycles. The number of rotatable bonds is 8. The van der Waals surface area contributed by atoms with Crippen LogP contribution in [-0.2, 0) is 11.3 Å². The molecule has 114 valence electrons. The van der Waals surface area contributed by atoms with Gasteiger partial charge in [0, 0.05) is 19.5 Å². The van der Waals surface area contributed by atoms with Gasteiger partial charge in [-0.3, -0.25) is 9.67 Å². The van der Waals surface area contributed by atoms with Crippen molar-refractivity contribution in [3.63, 3.8) is 0 Å². The number of halogens is 1. The van der Waals surface area contributed by atoms with Crippen LogP contribution in [0.15, 0.2) is 35.2 Å². The van der Waals surface area contributed by atoms with E-state index in [2.05, 4.69) is 44.3 Å². The van der Waals surface area contributed by atoms with Gasteiger partial charge in [-0.1, -0.05) is 13.0 Å². The zero-order valence-corrected chi connectivity index (χ0v) is 14.0. The predicted molar refractivity (Wildman–Crippen MR) is 86.2 cm³/mol. The molecule has 0 amide bonds. The van der Waals surface area contributed by atoms with E-state index >= 15 is 0 Å². The maximum absolute atomic E-state index is 5.17. The summed E-state index contributed by atoms with van der Waals surface area (Å²) in [6, 6.07) is 4.10. The first-order chi connectivity index (χ1) is 10.3. The summed E-state index contributed by atoms with van der Waals surface area (Å²) < 4.78 is 8.14. The Morgan fingerprint density at radius 1 is 1.43 bits per heavy atom. The molecule has 6 heteroatoms. The second-order valence-electron chi connectivity index (χ2n) is 4.77. The van der Waals surface area contributed by atoms with Crippen LogP contribution < -0.4 is 5.32 Å². The summed E-state index contributed by atoms with van der Waals surface area (Å²) >= 11 is 3.61. The average Bonchev–Trinajstić information content (AvgIpc) is 2.88. The Morgan fingerprint density at radius 2 is 2.29 bits per heavy atom. The van der Waals surface area contributed by atoms with Gasteiger partial charge < -0.3 is 10.1 Å². The summed E-state index contributed by atoms with van der Waals surface area (Å²) in [6.07, 6.45) is 6.59. The monoisotopic (exact) mass is 352 g/mol. The summed E-state index contributed by atoms with van der Waals surface area (Å²) in [4.78, 5) is 4.24. The van der Waals surface area contributed by atoms with Gasteiger partial charge in [0.1, 0.15) is 0 Å². The van der Waals surface area contributed by atoms with E-state index in [1.165, 1.54) is 0 Å². The van der Waals surface area contributed by atoms with Crippen molar-refractivity contribution in [2.75, 3.05) is 20.3 Å². The van der Waals surface area contributed by atoms with Crippen LogP contribution in [0.5, 0.6) is 0 Å². The van der Waals surface area contributed by atoms with E-state index < -0.39 is 0 Å². The maximum Gasteiger partial charge on any atom is 0.0774 e. The zero-order chi connectivity index (χ0) is 15.1. The van der Waals surface area contributed by atoms with E-state index in [9.17, 15) is 0 Å². The van der Waals surface area contributed by atoms with Crippen LogP contribution in [0.3, 0.4) is 0 Å². The number of pyridine rings is 1. The molecule has 0 aliphatic carbocycles. The minimum Gasteiger partial charge on any atom is -0.383 e. The maximum atomic E-state index is 5.17. The lowest BCUT2D eigenvalue weighted by Gasteiger charge is -2.21. The van der Waals surface area contributed by atoms with E-state index in [0.29, 0.717) is 6.61 Å². The van der Waals surface area contributed by atoms with E-state index in [4.69, 9.17) is 4.74 Å². The highest BCUT2D eigenvalue weighted by atomic mass is 79.9. The number of methoxy groups -OCH3 is 1. The molecule has 0 radical (unpaired) electrons. The van der Waals surface area contributed by atoms with Crippen molar-refractivity contribution < 1.29 is 4.74 Å². The highest BCUT2D eigenvalue weighted by Gasteiger charge is 2.21. The van der Waals surface area contributed by atoms with Crippen molar-refractivity contribution in [3.8, 4) is 0 Å². The summed E-state index contributed by atoms with van der Waals surface area (Å²) in [6.45, 7) is 4.45. The minimum absolute atomic E-state index is 0.0624. The van der Waals surface area contributed by atoms with Gasteiger partial charge in [0.15, 0.2) is 0 Å². The number of nitrogens with one attached hydrogen (secondary N) is 1. The van der Waals surface area contributed by atoms with Crippen molar-refractivity contribution in [1.82, 2.24) is 20.1 Å². The van der Waals surface area contributed by atoms with Crippen LogP contribution in [0.4, 0.5) is 0 Å². The van der Waals surface area contributed by atoms with Gasteiger partial charge in [-0.2, -0.15) is 5.10 Å². The molecule has 2 rings (SSSR count). The second kappa shape index (κ2) is 8.26. The number of hydrogen-bond acceptors (Lipinski definition) is 4. The summed E-state index contributed by atoms with van der Waals surface area (Å²) in [7, 11) is 1.70. The molecule has 1 N–H and O–H groups in total. The van der Waals surface area contributed by atoms with Gasteiger partial charge in [0.25, 0.3) is 0 Å². The Bertz CT molecular complexity index is 544. The molecule has 0 aliphatic rings. The Kier molecular flexibility index (Phi) is 6.35. The van der Waals surface area contributed by atoms with Crippen molar-refractivity contribution in [2.45, 2.75) is 25.9 Å². The zero-order valence-electron chi connectivity index (χ0n) is 12.4. The first kappa shape index (κ1) is 16.1. The molecule has 2 aromatic rings.